The third-order valence-electron chi connectivity index (χ3n) is 3.29. The fourth-order valence-corrected chi connectivity index (χ4v) is 2.37. The van der Waals surface area contributed by atoms with E-state index in [0.29, 0.717) is 6.04 Å². The number of fused-ring (bicyclic) bond motifs is 3. The van der Waals surface area contributed by atoms with Gasteiger partial charge in [-0.3, -0.25) is 4.90 Å². The van der Waals surface area contributed by atoms with Gasteiger partial charge in [0.1, 0.15) is 18.5 Å². The highest BCUT2D eigenvalue weighted by atomic mass is 16.5. The normalized spacial score (nSPS) is 30.2. The van der Waals surface area contributed by atoms with Crippen molar-refractivity contribution in [2.75, 3.05) is 26.8 Å². The number of nitrogens with zero attached hydrogens (tertiary/aromatic N) is 1. The predicted molar refractivity (Wildman–Crippen MR) is 57.0 cm³/mol. The van der Waals surface area contributed by atoms with Gasteiger partial charge in [-0.25, -0.2) is 0 Å². The van der Waals surface area contributed by atoms with Gasteiger partial charge in [-0.15, -0.1) is 0 Å². The molecule has 0 N–H and O–H groups in total. The van der Waals surface area contributed by atoms with Gasteiger partial charge in [-0.2, -0.15) is 0 Å². The molecule has 0 bridgehead atoms. The van der Waals surface area contributed by atoms with Crippen LogP contribution in [0, 0.1) is 0 Å². The van der Waals surface area contributed by atoms with Crippen LogP contribution < -0.4 is 4.74 Å². The minimum Gasteiger partial charge on any atom is -0.491 e. The van der Waals surface area contributed by atoms with Crippen LogP contribution in [0.5, 0.6) is 5.75 Å². The lowest BCUT2D eigenvalue weighted by molar-refractivity contribution is -0.0867. The van der Waals surface area contributed by atoms with Crippen LogP contribution in [0.3, 0.4) is 0 Å². The Morgan fingerprint density at radius 1 is 1.33 bits per heavy atom. The van der Waals surface area contributed by atoms with Gasteiger partial charge >= 0.3 is 0 Å². The van der Waals surface area contributed by atoms with Crippen molar-refractivity contribution in [2.45, 2.75) is 12.1 Å². The highest BCUT2D eigenvalue weighted by Crippen LogP contribution is 2.37. The van der Waals surface area contributed by atoms with Crippen LogP contribution in [0.15, 0.2) is 24.3 Å². The van der Waals surface area contributed by atoms with Gasteiger partial charge in [-0.05, 0) is 13.1 Å². The van der Waals surface area contributed by atoms with Crippen LogP contribution in [0.2, 0.25) is 0 Å². The summed E-state index contributed by atoms with van der Waals surface area (Å²) in [6.07, 6.45) is 0.189. The molecule has 0 aliphatic carbocycles. The van der Waals surface area contributed by atoms with E-state index in [4.69, 9.17) is 9.47 Å². The lowest BCUT2D eigenvalue weighted by Gasteiger charge is -2.42. The van der Waals surface area contributed by atoms with Gasteiger partial charge in [0.15, 0.2) is 0 Å². The van der Waals surface area contributed by atoms with Gasteiger partial charge in [0, 0.05) is 12.1 Å². The molecule has 2 heterocycles. The second-order valence-electron chi connectivity index (χ2n) is 4.19. The van der Waals surface area contributed by atoms with Gasteiger partial charge < -0.3 is 9.47 Å². The number of likely N-dealkylation sites (N-methyl/N-ethyl adjacent to an activating group) is 1. The van der Waals surface area contributed by atoms with Crippen molar-refractivity contribution < 1.29 is 9.47 Å². The minimum absolute atomic E-state index is 0.189. The fourth-order valence-electron chi connectivity index (χ4n) is 2.37. The summed E-state index contributed by atoms with van der Waals surface area (Å²) in [5, 5.41) is 0. The molecule has 1 saturated heterocycles. The Bertz CT molecular complexity index is 366. The molecule has 0 amide bonds. The van der Waals surface area contributed by atoms with Crippen LogP contribution in [0.4, 0.5) is 0 Å². The van der Waals surface area contributed by atoms with E-state index in [2.05, 4.69) is 18.0 Å². The minimum atomic E-state index is 0.189. The molecule has 1 aromatic rings. The highest BCUT2D eigenvalue weighted by molar-refractivity contribution is 5.38. The van der Waals surface area contributed by atoms with E-state index in [0.717, 1.165) is 25.5 Å². The monoisotopic (exact) mass is 205 g/mol. The Labute approximate surface area is 89.6 Å². The summed E-state index contributed by atoms with van der Waals surface area (Å²) in [6.45, 7) is 2.54. The molecule has 2 atom stereocenters. The van der Waals surface area contributed by atoms with Gasteiger partial charge in [0.2, 0.25) is 0 Å². The van der Waals surface area contributed by atoms with E-state index in [1.807, 2.05) is 18.2 Å². The quantitative estimate of drug-likeness (QED) is 0.640. The first-order chi connectivity index (χ1) is 7.36. The van der Waals surface area contributed by atoms with Gasteiger partial charge in [0.05, 0.1) is 12.6 Å². The molecule has 0 spiro atoms. The summed E-state index contributed by atoms with van der Waals surface area (Å²) in [5.74, 6) is 0.981. The average molecular weight is 205 g/mol. The van der Waals surface area contributed by atoms with Crippen molar-refractivity contribution in [1.82, 2.24) is 4.90 Å². The maximum absolute atomic E-state index is 5.86. The zero-order valence-corrected chi connectivity index (χ0v) is 8.85. The number of hydrogen-bond donors (Lipinski definition) is 0. The molecule has 2 aliphatic rings. The molecule has 0 radical (unpaired) electrons. The third-order valence-corrected chi connectivity index (χ3v) is 3.29. The summed E-state index contributed by atoms with van der Waals surface area (Å²) in [7, 11) is 2.14. The first-order valence-electron chi connectivity index (χ1n) is 5.40. The second-order valence-corrected chi connectivity index (χ2v) is 4.19. The number of hydrogen-bond acceptors (Lipinski definition) is 3. The molecule has 2 unspecified atom stereocenters. The largest absolute Gasteiger partial charge is 0.491 e. The maximum atomic E-state index is 5.86. The zero-order valence-electron chi connectivity index (χ0n) is 8.85. The molecular weight excluding hydrogens is 190 g/mol. The Hall–Kier alpha value is -1.06. The summed E-state index contributed by atoms with van der Waals surface area (Å²) in [5.41, 5.74) is 1.19. The highest BCUT2D eigenvalue weighted by Gasteiger charge is 2.36. The SMILES string of the molecule is CN1CCOC2c3ccccc3OCC21. The van der Waals surface area contributed by atoms with Crippen molar-refractivity contribution in [2.24, 2.45) is 0 Å². The molecule has 0 saturated carbocycles. The molecule has 15 heavy (non-hydrogen) atoms. The number of ether oxygens (including phenoxy) is 2. The molecule has 80 valence electrons. The first kappa shape index (κ1) is 9.19. The molecule has 2 aliphatic heterocycles. The molecule has 3 heteroatoms. The summed E-state index contributed by atoms with van der Waals surface area (Å²) >= 11 is 0. The van der Waals surface area contributed by atoms with Crippen LogP contribution in [0.25, 0.3) is 0 Å². The number of morpholine rings is 1. The Kier molecular flexibility index (Phi) is 2.15. The Morgan fingerprint density at radius 3 is 3.13 bits per heavy atom. The molecule has 1 fully saturated rings. The Morgan fingerprint density at radius 2 is 2.20 bits per heavy atom. The summed E-state index contributed by atoms with van der Waals surface area (Å²) in [6, 6.07) is 8.54. The van der Waals surface area contributed by atoms with E-state index >= 15 is 0 Å². The van der Waals surface area contributed by atoms with Crippen LogP contribution in [0.1, 0.15) is 11.7 Å². The van der Waals surface area contributed by atoms with Crippen molar-refractivity contribution in [1.29, 1.82) is 0 Å². The standard InChI is InChI=1S/C12H15NO2/c1-13-6-7-14-12-9-4-2-3-5-11(9)15-8-10(12)13/h2-5,10,12H,6-8H2,1H3. The molecule has 3 nitrogen and oxygen atoms in total. The van der Waals surface area contributed by atoms with Crippen molar-refractivity contribution in [3.05, 3.63) is 29.8 Å². The smallest absolute Gasteiger partial charge is 0.125 e. The maximum Gasteiger partial charge on any atom is 0.125 e. The number of para-hydroxylation sites is 1. The zero-order chi connectivity index (χ0) is 10.3. The number of rotatable bonds is 0. The Balaban J connectivity index is 1.99. The molecule has 0 aromatic heterocycles. The van der Waals surface area contributed by atoms with E-state index in [1.54, 1.807) is 0 Å². The fraction of sp³-hybridized carbons (Fsp3) is 0.500. The van der Waals surface area contributed by atoms with Gasteiger partial charge in [0.25, 0.3) is 0 Å². The first-order valence-corrected chi connectivity index (χ1v) is 5.40. The van der Waals surface area contributed by atoms with Crippen molar-refractivity contribution >= 4 is 0 Å². The topological polar surface area (TPSA) is 21.7 Å². The van der Waals surface area contributed by atoms with E-state index < -0.39 is 0 Å². The lowest BCUT2D eigenvalue weighted by atomic mass is 9.97. The van der Waals surface area contributed by atoms with Crippen LogP contribution in [-0.4, -0.2) is 37.7 Å². The third kappa shape index (κ3) is 1.43. The lowest BCUT2D eigenvalue weighted by Crippen LogP contribution is -2.49. The average Bonchev–Trinajstić information content (AvgIpc) is 2.29. The van der Waals surface area contributed by atoms with Crippen molar-refractivity contribution in [3.63, 3.8) is 0 Å². The molecule has 3 rings (SSSR count). The van der Waals surface area contributed by atoms with Gasteiger partial charge in [-0.1, -0.05) is 18.2 Å². The van der Waals surface area contributed by atoms with E-state index in [1.165, 1.54) is 5.56 Å². The predicted octanol–water partition coefficient (Wildman–Crippen LogP) is 1.45. The number of benzene rings is 1. The van der Waals surface area contributed by atoms with Crippen LogP contribution >= 0.6 is 0 Å². The second kappa shape index (κ2) is 3.51. The molecule has 1 aromatic carbocycles. The van der Waals surface area contributed by atoms with Crippen LogP contribution in [-0.2, 0) is 4.74 Å². The van der Waals surface area contributed by atoms with Crippen molar-refractivity contribution in [3.8, 4) is 5.75 Å². The van der Waals surface area contributed by atoms with E-state index in [-0.39, 0.29) is 6.10 Å². The molecular formula is C12H15NO2. The summed E-state index contributed by atoms with van der Waals surface area (Å²) < 4.78 is 11.6. The van der Waals surface area contributed by atoms with E-state index in [9.17, 15) is 0 Å². The summed E-state index contributed by atoms with van der Waals surface area (Å²) in [4.78, 5) is 2.32.